The number of nitrogens with one attached hydrogen (secondary N) is 1. The first-order chi connectivity index (χ1) is 8.35. The molecule has 0 aliphatic carbocycles. The van der Waals surface area contributed by atoms with Crippen LogP contribution in [-0.2, 0) is 0 Å². The summed E-state index contributed by atoms with van der Waals surface area (Å²) in [6.07, 6.45) is 5.16. The molecule has 0 saturated carbocycles. The van der Waals surface area contributed by atoms with Gasteiger partial charge in [-0.1, -0.05) is 6.58 Å². The summed E-state index contributed by atoms with van der Waals surface area (Å²) in [5, 5.41) is 3.52. The number of pyridine rings is 1. The van der Waals surface area contributed by atoms with Crippen molar-refractivity contribution in [2.24, 2.45) is 11.8 Å². The molecule has 0 amide bonds. The summed E-state index contributed by atoms with van der Waals surface area (Å²) in [6, 6.07) is 4.21. The Kier molecular flexibility index (Phi) is 2.85. The van der Waals surface area contributed by atoms with Crippen LogP contribution in [0.5, 0.6) is 0 Å². The third kappa shape index (κ3) is 2.20. The molecule has 90 valence electrons. The molecule has 1 aromatic heterocycles. The number of piperidine rings is 2. The minimum Gasteiger partial charge on any atom is -0.370 e. The van der Waals surface area contributed by atoms with E-state index >= 15 is 0 Å². The topological polar surface area (TPSA) is 28.2 Å². The van der Waals surface area contributed by atoms with Gasteiger partial charge in [-0.05, 0) is 49.6 Å². The molecule has 0 radical (unpaired) electrons. The summed E-state index contributed by atoms with van der Waals surface area (Å²) in [5.74, 6) is 1.61. The highest BCUT2D eigenvalue weighted by Gasteiger charge is 2.30. The van der Waals surface area contributed by atoms with Crippen LogP contribution in [0.15, 0.2) is 24.9 Å². The van der Waals surface area contributed by atoms with Gasteiger partial charge in [0.25, 0.3) is 0 Å². The van der Waals surface area contributed by atoms with Crippen molar-refractivity contribution in [1.82, 2.24) is 10.3 Å². The summed E-state index contributed by atoms with van der Waals surface area (Å²) in [5.41, 5.74) is 2.21. The maximum Gasteiger partial charge on any atom is 0.0625 e. The van der Waals surface area contributed by atoms with E-state index in [9.17, 15) is 0 Å². The Bertz CT molecular complexity index is 386. The van der Waals surface area contributed by atoms with E-state index < -0.39 is 0 Å². The Balaban J connectivity index is 1.76. The molecule has 2 unspecified atom stereocenters. The highest BCUT2D eigenvalue weighted by Crippen LogP contribution is 2.28. The first kappa shape index (κ1) is 10.8. The Labute approximate surface area is 103 Å². The molecule has 2 bridgehead atoms. The number of nitrogens with zero attached hydrogens (tertiary/aromatic N) is 2. The van der Waals surface area contributed by atoms with Crippen LogP contribution in [0.4, 0.5) is 5.69 Å². The zero-order valence-corrected chi connectivity index (χ0v) is 10.1. The highest BCUT2D eigenvalue weighted by molar-refractivity contribution is 5.50. The maximum atomic E-state index is 4.39. The van der Waals surface area contributed by atoms with Crippen molar-refractivity contribution in [3.8, 4) is 0 Å². The van der Waals surface area contributed by atoms with Crippen LogP contribution < -0.4 is 10.2 Å². The summed E-state index contributed by atoms with van der Waals surface area (Å²) in [7, 11) is 0. The fourth-order valence-corrected chi connectivity index (χ4v) is 3.02. The highest BCUT2D eigenvalue weighted by atomic mass is 15.2. The Morgan fingerprint density at radius 1 is 1.29 bits per heavy atom. The van der Waals surface area contributed by atoms with Gasteiger partial charge in [0, 0.05) is 13.1 Å². The van der Waals surface area contributed by atoms with Crippen LogP contribution in [0, 0.1) is 11.8 Å². The molecule has 17 heavy (non-hydrogen) atoms. The molecule has 3 heteroatoms. The van der Waals surface area contributed by atoms with E-state index in [1.54, 1.807) is 6.08 Å². The van der Waals surface area contributed by atoms with E-state index in [0.29, 0.717) is 0 Å². The number of rotatable bonds is 2. The SMILES string of the molecule is C=Cc1ccc(N2CC3CNCC(C3)C2)cn1. The van der Waals surface area contributed by atoms with Crippen LogP contribution in [0.3, 0.4) is 0 Å². The first-order valence-corrected chi connectivity index (χ1v) is 6.39. The number of aromatic nitrogens is 1. The standard InChI is InChI=1S/C14H19N3/c1-2-13-3-4-14(8-16-13)17-9-11-5-12(10-17)7-15-6-11/h2-4,8,11-12,15H,1,5-7,9-10H2. The summed E-state index contributed by atoms with van der Waals surface area (Å²) < 4.78 is 0. The Morgan fingerprint density at radius 2 is 2.06 bits per heavy atom. The van der Waals surface area contributed by atoms with Crippen LogP contribution in [0.25, 0.3) is 6.08 Å². The van der Waals surface area contributed by atoms with Crippen molar-refractivity contribution in [3.05, 3.63) is 30.6 Å². The van der Waals surface area contributed by atoms with Crippen molar-refractivity contribution < 1.29 is 0 Å². The average Bonchev–Trinajstić information content (AvgIpc) is 2.38. The van der Waals surface area contributed by atoms with Gasteiger partial charge in [0.2, 0.25) is 0 Å². The van der Waals surface area contributed by atoms with E-state index in [-0.39, 0.29) is 0 Å². The van der Waals surface area contributed by atoms with Crippen LogP contribution in [0.2, 0.25) is 0 Å². The third-order valence-corrected chi connectivity index (χ3v) is 3.83. The van der Waals surface area contributed by atoms with E-state index in [4.69, 9.17) is 0 Å². The van der Waals surface area contributed by atoms with Crippen LogP contribution in [-0.4, -0.2) is 31.2 Å². The lowest BCUT2D eigenvalue weighted by atomic mass is 9.85. The van der Waals surface area contributed by atoms with Gasteiger partial charge >= 0.3 is 0 Å². The molecular weight excluding hydrogens is 210 g/mol. The van der Waals surface area contributed by atoms with E-state index in [1.807, 2.05) is 12.3 Å². The predicted octanol–water partition coefficient (Wildman–Crippen LogP) is 1.77. The smallest absolute Gasteiger partial charge is 0.0625 e. The van der Waals surface area contributed by atoms with Crippen molar-refractivity contribution in [1.29, 1.82) is 0 Å². The van der Waals surface area contributed by atoms with Crippen LogP contribution >= 0.6 is 0 Å². The molecule has 2 atom stereocenters. The van der Waals surface area contributed by atoms with E-state index in [2.05, 4.69) is 27.8 Å². The van der Waals surface area contributed by atoms with Crippen molar-refractivity contribution in [3.63, 3.8) is 0 Å². The largest absolute Gasteiger partial charge is 0.370 e. The maximum absolute atomic E-state index is 4.39. The summed E-state index contributed by atoms with van der Waals surface area (Å²) >= 11 is 0. The summed E-state index contributed by atoms with van der Waals surface area (Å²) in [6.45, 7) is 8.41. The minimum atomic E-state index is 0.807. The molecule has 1 aromatic rings. The molecule has 1 N–H and O–H groups in total. The van der Waals surface area contributed by atoms with Crippen molar-refractivity contribution in [2.75, 3.05) is 31.1 Å². The fraction of sp³-hybridized carbons (Fsp3) is 0.500. The molecule has 0 aromatic carbocycles. The number of fused-ring (bicyclic) bond motifs is 2. The second kappa shape index (κ2) is 4.49. The third-order valence-electron chi connectivity index (χ3n) is 3.83. The Morgan fingerprint density at radius 3 is 2.65 bits per heavy atom. The molecule has 2 fully saturated rings. The molecule has 2 aliphatic rings. The quantitative estimate of drug-likeness (QED) is 0.837. The summed E-state index contributed by atoms with van der Waals surface area (Å²) in [4.78, 5) is 6.88. The normalized spacial score (nSPS) is 27.9. The molecule has 3 heterocycles. The molecule has 3 nitrogen and oxygen atoms in total. The molecule has 2 saturated heterocycles. The lowest BCUT2D eigenvalue weighted by Crippen LogP contribution is -2.51. The van der Waals surface area contributed by atoms with E-state index in [0.717, 1.165) is 17.5 Å². The minimum absolute atomic E-state index is 0.807. The lowest BCUT2D eigenvalue weighted by Gasteiger charge is -2.42. The predicted molar refractivity (Wildman–Crippen MR) is 71.0 cm³/mol. The van der Waals surface area contributed by atoms with Gasteiger partial charge in [-0.2, -0.15) is 0 Å². The second-order valence-corrected chi connectivity index (χ2v) is 5.18. The van der Waals surface area contributed by atoms with Crippen LogP contribution in [0.1, 0.15) is 12.1 Å². The van der Waals surface area contributed by atoms with Gasteiger partial charge in [0.1, 0.15) is 0 Å². The zero-order valence-electron chi connectivity index (χ0n) is 10.1. The first-order valence-electron chi connectivity index (χ1n) is 6.39. The average molecular weight is 229 g/mol. The molecular formula is C14H19N3. The van der Waals surface area contributed by atoms with Gasteiger partial charge in [-0.3, -0.25) is 4.98 Å². The molecule has 2 aliphatic heterocycles. The number of anilines is 1. The monoisotopic (exact) mass is 229 g/mol. The molecule has 0 spiro atoms. The number of hydrogen-bond acceptors (Lipinski definition) is 3. The van der Waals surface area contributed by atoms with Crippen molar-refractivity contribution in [2.45, 2.75) is 6.42 Å². The lowest BCUT2D eigenvalue weighted by molar-refractivity contribution is 0.249. The van der Waals surface area contributed by atoms with Gasteiger partial charge < -0.3 is 10.2 Å². The number of hydrogen-bond donors (Lipinski definition) is 1. The fourth-order valence-electron chi connectivity index (χ4n) is 3.02. The van der Waals surface area contributed by atoms with Gasteiger partial charge in [-0.15, -0.1) is 0 Å². The second-order valence-electron chi connectivity index (χ2n) is 5.18. The Hall–Kier alpha value is -1.35. The van der Waals surface area contributed by atoms with E-state index in [1.165, 1.54) is 38.3 Å². The van der Waals surface area contributed by atoms with Crippen molar-refractivity contribution >= 4 is 11.8 Å². The van der Waals surface area contributed by atoms with Gasteiger partial charge in [-0.25, -0.2) is 0 Å². The van der Waals surface area contributed by atoms with Gasteiger partial charge in [0.15, 0.2) is 0 Å². The zero-order chi connectivity index (χ0) is 11.7. The molecule has 3 rings (SSSR count). The van der Waals surface area contributed by atoms with Gasteiger partial charge in [0.05, 0.1) is 17.6 Å².